The van der Waals surface area contributed by atoms with Gasteiger partial charge in [-0.05, 0) is 62.2 Å². The van der Waals surface area contributed by atoms with Crippen LogP contribution in [0.2, 0.25) is 0 Å². The summed E-state index contributed by atoms with van der Waals surface area (Å²) in [5.74, 6) is -1.27. The van der Waals surface area contributed by atoms with Gasteiger partial charge in [0.15, 0.2) is 5.78 Å². The van der Waals surface area contributed by atoms with Crippen molar-refractivity contribution in [3.05, 3.63) is 48.0 Å². The number of carbonyl (C=O) groups is 2. The molecule has 0 spiro atoms. The molecule has 1 aliphatic heterocycles. The standard InChI is InChI=1S/C23H25N3O5S/c1-2-31-17-9-7-16(8-10-17)26-32(29,30)18-11-12-21-19(13-18)22(27)20(14-24-21)23(28)25-15-5-3-4-6-15/h7-15,20,26H,2-6H2,1H3,(H,25,28). The highest BCUT2D eigenvalue weighted by atomic mass is 32.2. The van der Waals surface area contributed by atoms with Gasteiger partial charge in [0.1, 0.15) is 11.7 Å². The summed E-state index contributed by atoms with van der Waals surface area (Å²) in [7, 11) is -3.95. The molecule has 9 heteroatoms. The molecule has 8 nitrogen and oxygen atoms in total. The number of sulfonamides is 1. The number of aliphatic imine (C=N–C) groups is 1. The van der Waals surface area contributed by atoms with Crippen molar-refractivity contribution in [2.45, 2.75) is 43.5 Å². The lowest BCUT2D eigenvalue weighted by Gasteiger charge is -2.20. The monoisotopic (exact) mass is 455 g/mol. The maximum atomic E-state index is 13.0. The number of nitrogens with zero attached hydrogens (tertiary/aromatic N) is 1. The number of rotatable bonds is 7. The minimum atomic E-state index is -3.95. The molecule has 0 saturated heterocycles. The molecule has 1 saturated carbocycles. The van der Waals surface area contributed by atoms with E-state index in [0.717, 1.165) is 25.7 Å². The molecule has 1 unspecified atom stereocenters. The highest BCUT2D eigenvalue weighted by Crippen LogP contribution is 2.30. The minimum absolute atomic E-state index is 0.0782. The molecule has 2 aromatic carbocycles. The van der Waals surface area contributed by atoms with E-state index in [0.29, 0.717) is 23.7 Å². The van der Waals surface area contributed by atoms with E-state index in [1.54, 1.807) is 24.3 Å². The summed E-state index contributed by atoms with van der Waals surface area (Å²) in [4.78, 5) is 29.7. The van der Waals surface area contributed by atoms with E-state index in [1.165, 1.54) is 24.4 Å². The highest BCUT2D eigenvalue weighted by molar-refractivity contribution is 7.92. The van der Waals surface area contributed by atoms with Gasteiger partial charge in [-0.15, -0.1) is 0 Å². The topological polar surface area (TPSA) is 114 Å². The van der Waals surface area contributed by atoms with E-state index in [9.17, 15) is 18.0 Å². The van der Waals surface area contributed by atoms with Gasteiger partial charge in [-0.3, -0.25) is 19.3 Å². The number of hydrogen-bond donors (Lipinski definition) is 2. The summed E-state index contributed by atoms with van der Waals surface area (Å²) in [6, 6.07) is 10.7. The van der Waals surface area contributed by atoms with Crippen molar-refractivity contribution in [3.8, 4) is 5.75 Å². The van der Waals surface area contributed by atoms with Crippen LogP contribution in [-0.4, -0.2) is 39.0 Å². The van der Waals surface area contributed by atoms with Gasteiger partial charge >= 0.3 is 0 Å². The largest absolute Gasteiger partial charge is 0.494 e. The first kappa shape index (κ1) is 22.0. The second-order valence-electron chi connectivity index (χ2n) is 7.85. The van der Waals surface area contributed by atoms with E-state index in [4.69, 9.17) is 4.74 Å². The Balaban J connectivity index is 1.52. The Kier molecular flexibility index (Phi) is 6.27. The number of ether oxygens (including phenoxy) is 1. The van der Waals surface area contributed by atoms with Crippen LogP contribution in [0.5, 0.6) is 5.75 Å². The predicted molar refractivity (Wildman–Crippen MR) is 121 cm³/mol. The molecular weight excluding hydrogens is 430 g/mol. The summed E-state index contributed by atoms with van der Waals surface area (Å²) in [5.41, 5.74) is 0.831. The van der Waals surface area contributed by atoms with E-state index in [-0.39, 0.29) is 16.5 Å². The number of amides is 1. The van der Waals surface area contributed by atoms with Crippen LogP contribution in [0.3, 0.4) is 0 Å². The van der Waals surface area contributed by atoms with Crippen LogP contribution >= 0.6 is 0 Å². The number of Topliss-reactive ketones (excluding diaryl/α,β-unsaturated/α-hetero) is 1. The zero-order valence-electron chi connectivity index (χ0n) is 17.7. The Bertz CT molecular complexity index is 1150. The second kappa shape index (κ2) is 9.12. The Morgan fingerprint density at radius 1 is 1.12 bits per heavy atom. The number of fused-ring (bicyclic) bond motifs is 1. The quantitative estimate of drug-likeness (QED) is 0.621. The van der Waals surface area contributed by atoms with E-state index < -0.39 is 27.6 Å². The number of benzene rings is 2. The first-order valence-electron chi connectivity index (χ1n) is 10.7. The van der Waals surface area contributed by atoms with Crippen molar-refractivity contribution < 1.29 is 22.7 Å². The number of hydrogen-bond acceptors (Lipinski definition) is 6. The van der Waals surface area contributed by atoms with Gasteiger partial charge in [0.25, 0.3) is 10.0 Å². The van der Waals surface area contributed by atoms with Crippen LogP contribution in [-0.2, 0) is 14.8 Å². The van der Waals surface area contributed by atoms with Crippen molar-refractivity contribution in [2.24, 2.45) is 10.9 Å². The van der Waals surface area contributed by atoms with Crippen LogP contribution in [0, 0.1) is 5.92 Å². The van der Waals surface area contributed by atoms with Crippen molar-refractivity contribution >= 4 is 39.3 Å². The molecule has 2 N–H and O–H groups in total. The number of ketones is 1. The smallest absolute Gasteiger partial charge is 0.261 e. The van der Waals surface area contributed by atoms with Crippen molar-refractivity contribution in [2.75, 3.05) is 11.3 Å². The van der Waals surface area contributed by atoms with Crippen LogP contribution in [0.1, 0.15) is 43.0 Å². The molecule has 0 bridgehead atoms. The predicted octanol–water partition coefficient (Wildman–Crippen LogP) is 3.46. The summed E-state index contributed by atoms with van der Waals surface area (Å²) in [6.07, 6.45) is 5.26. The maximum absolute atomic E-state index is 13.0. The molecule has 168 valence electrons. The van der Waals surface area contributed by atoms with Crippen LogP contribution in [0.4, 0.5) is 11.4 Å². The van der Waals surface area contributed by atoms with Gasteiger partial charge in [-0.1, -0.05) is 12.8 Å². The Morgan fingerprint density at radius 2 is 1.84 bits per heavy atom. The van der Waals surface area contributed by atoms with Crippen molar-refractivity contribution in [3.63, 3.8) is 0 Å². The zero-order chi connectivity index (χ0) is 22.7. The first-order valence-corrected chi connectivity index (χ1v) is 12.1. The van der Waals surface area contributed by atoms with E-state index in [1.807, 2.05) is 6.92 Å². The van der Waals surface area contributed by atoms with Gasteiger partial charge in [-0.2, -0.15) is 0 Å². The molecule has 2 aromatic rings. The Hall–Kier alpha value is -3.20. The van der Waals surface area contributed by atoms with Gasteiger partial charge in [0.05, 0.1) is 17.2 Å². The van der Waals surface area contributed by atoms with E-state index >= 15 is 0 Å². The molecule has 1 heterocycles. The van der Waals surface area contributed by atoms with Gasteiger partial charge in [-0.25, -0.2) is 8.42 Å². The van der Waals surface area contributed by atoms with E-state index in [2.05, 4.69) is 15.0 Å². The molecule has 0 radical (unpaired) electrons. The average molecular weight is 456 g/mol. The first-order chi connectivity index (χ1) is 15.4. The lowest BCUT2D eigenvalue weighted by molar-refractivity contribution is -0.122. The summed E-state index contributed by atoms with van der Waals surface area (Å²) in [6.45, 7) is 2.37. The molecule has 4 rings (SSSR count). The lowest BCUT2D eigenvalue weighted by atomic mass is 9.93. The third-order valence-electron chi connectivity index (χ3n) is 5.59. The normalized spacial score (nSPS) is 18.3. The maximum Gasteiger partial charge on any atom is 0.261 e. The zero-order valence-corrected chi connectivity index (χ0v) is 18.5. The molecule has 2 aliphatic rings. The van der Waals surface area contributed by atoms with Crippen molar-refractivity contribution in [1.82, 2.24) is 5.32 Å². The molecule has 1 amide bonds. The Morgan fingerprint density at radius 3 is 2.53 bits per heavy atom. The molecule has 1 atom stereocenters. The SMILES string of the molecule is CCOc1ccc(NS(=O)(=O)c2ccc3c(c2)C(=O)C(C(=O)NC2CCCC2)C=N3)cc1. The fourth-order valence-corrected chi connectivity index (χ4v) is 5.01. The van der Waals surface area contributed by atoms with Gasteiger partial charge in [0.2, 0.25) is 5.91 Å². The van der Waals surface area contributed by atoms with Gasteiger partial charge < -0.3 is 10.1 Å². The number of anilines is 1. The number of carbonyl (C=O) groups excluding carboxylic acids is 2. The van der Waals surface area contributed by atoms with Crippen LogP contribution < -0.4 is 14.8 Å². The van der Waals surface area contributed by atoms with Crippen LogP contribution in [0.25, 0.3) is 0 Å². The molecule has 1 fully saturated rings. The fraction of sp³-hybridized carbons (Fsp3) is 0.348. The lowest BCUT2D eigenvalue weighted by Crippen LogP contribution is -2.42. The van der Waals surface area contributed by atoms with Crippen LogP contribution in [0.15, 0.2) is 52.4 Å². The number of nitrogens with one attached hydrogen (secondary N) is 2. The summed E-state index contributed by atoms with van der Waals surface area (Å²) < 4.78 is 33.6. The average Bonchev–Trinajstić information content (AvgIpc) is 3.28. The molecular formula is C23H25N3O5S. The third-order valence-corrected chi connectivity index (χ3v) is 6.97. The fourth-order valence-electron chi connectivity index (χ4n) is 3.93. The highest BCUT2D eigenvalue weighted by Gasteiger charge is 2.33. The molecule has 32 heavy (non-hydrogen) atoms. The summed E-state index contributed by atoms with van der Waals surface area (Å²) in [5, 5.41) is 2.91. The molecule has 1 aliphatic carbocycles. The third kappa shape index (κ3) is 4.67. The second-order valence-corrected chi connectivity index (χ2v) is 9.53. The summed E-state index contributed by atoms with van der Waals surface area (Å²) >= 11 is 0. The minimum Gasteiger partial charge on any atom is -0.494 e. The van der Waals surface area contributed by atoms with Crippen molar-refractivity contribution in [1.29, 1.82) is 0 Å². The van der Waals surface area contributed by atoms with Gasteiger partial charge in [0, 0.05) is 23.5 Å². The Labute approximate surface area is 187 Å². The molecule has 0 aromatic heterocycles.